The molecule has 2 rings (SSSR count). The lowest BCUT2D eigenvalue weighted by molar-refractivity contribution is -0.134. The number of nitrogens with one attached hydrogen (secondary N) is 1. The zero-order valence-electron chi connectivity index (χ0n) is 14.1. The summed E-state index contributed by atoms with van der Waals surface area (Å²) in [5.41, 5.74) is 6.16. The highest BCUT2D eigenvalue weighted by Crippen LogP contribution is 2.22. The number of nitrogens with two attached hydrogens (primary N) is 1. The predicted octanol–water partition coefficient (Wildman–Crippen LogP) is 2.44. The zero-order chi connectivity index (χ0) is 17.5. The van der Waals surface area contributed by atoms with Crippen molar-refractivity contribution in [2.24, 2.45) is 11.7 Å². The minimum absolute atomic E-state index is 0.0557. The van der Waals surface area contributed by atoms with Gasteiger partial charge >= 0.3 is 6.03 Å². The Balaban J connectivity index is 1.86. The first-order valence-electron chi connectivity index (χ1n) is 8.58. The molecule has 1 aliphatic rings. The number of hydrogen-bond acceptors (Lipinski definition) is 2. The first kappa shape index (κ1) is 18.2. The molecular weight excluding hydrogens is 309 g/mol. The summed E-state index contributed by atoms with van der Waals surface area (Å²) in [6, 6.07) is 5.49. The van der Waals surface area contributed by atoms with Crippen LogP contribution in [0.15, 0.2) is 24.3 Å². The first-order chi connectivity index (χ1) is 11.5. The Morgan fingerprint density at radius 2 is 2.08 bits per heavy atom. The highest BCUT2D eigenvalue weighted by Gasteiger charge is 2.28. The van der Waals surface area contributed by atoms with Gasteiger partial charge in [0, 0.05) is 13.1 Å². The molecule has 3 N–H and O–H groups in total. The normalized spacial score (nSPS) is 16.7. The molecule has 0 aliphatic carbocycles. The number of carbonyl (C=O) groups excluding carboxylic acids is 2. The molecule has 24 heavy (non-hydrogen) atoms. The summed E-state index contributed by atoms with van der Waals surface area (Å²) in [4.78, 5) is 25.4. The van der Waals surface area contributed by atoms with Gasteiger partial charge in [-0.15, -0.1) is 0 Å². The molecule has 1 aromatic rings. The molecule has 6 heteroatoms. The van der Waals surface area contributed by atoms with Crippen LogP contribution in [0.4, 0.5) is 9.18 Å². The van der Waals surface area contributed by atoms with Crippen molar-refractivity contribution >= 4 is 11.9 Å². The molecule has 0 bridgehead atoms. The second kappa shape index (κ2) is 8.66. The third kappa shape index (κ3) is 5.22. The maximum absolute atomic E-state index is 13.3. The molecule has 1 fully saturated rings. The van der Waals surface area contributed by atoms with Crippen LogP contribution in [0.5, 0.6) is 0 Å². The molecule has 1 atom stereocenters. The summed E-state index contributed by atoms with van der Waals surface area (Å²) < 4.78 is 13.3. The Morgan fingerprint density at radius 3 is 2.67 bits per heavy atom. The van der Waals surface area contributed by atoms with Crippen molar-refractivity contribution in [2.75, 3.05) is 13.1 Å². The van der Waals surface area contributed by atoms with Gasteiger partial charge in [-0.1, -0.05) is 25.5 Å². The van der Waals surface area contributed by atoms with Crippen LogP contribution in [0, 0.1) is 11.7 Å². The van der Waals surface area contributed by atoms with E-state index in [1.54, 1.807) is 17.0 Å². The molecule has 3 amide bonds. The second-order valence-electron chi connectivity index (χ2n) is 6.45. The largest absolute Gasteiger partial charge is 0.352 e. The summed E-state index contributed by atoms with van der Waals surface area (Å²) >= 11 is 0. The fourth-order valence-corrected chi connectivity index (χ4v) is 3.29. The quantitative estimate of drug-likeness (QED) is 0.838. The molecule has 132 valence electrons. The van der Waals surface area contributed by atoms with Gasteiger partial charge in [-0.05, 0) is 49.3 Å². The Bertz CT molecular complexity index is 571. The van der Waals surface area contributed by atoms with Gasteiger partial charge < -0.3 is 16.0 Å². The van der Waals surface area contributed by atoms with Gasteiger partial charge in [0.1, 0.15) is 11.9 Å². The number of amides is 3. The summed E-state index contributed by atoms with van der Waals surface area (Å²) in [6.07, 6.45) is 3.99. The number of nitrogens with zero attached hydrogens (tertiary/aromatic N) is 1. The molecule has 0 spiro atoms. The van der Waals surface area contributed by atoms with E-state index in [0.717, 1.165) is 31.2 Å². The monoisotopic (exact) mass is 335 g/mol. The van der Waals surface area contributed by atoms with E-state index in [2.05, 4.69) is 5.32 Å². The van der Waals surface area contributed by atoms with Crippen LogP contribution in [-0.2, 0) is 11.2 Å². The molecule has 5 nitrogen and oxygen atoms in total. The maximum Gasteiger partial charge on any atom is 0.312 e. The molecule has 0 radical (unpaired) electrons. The van der Waals surface area contributed by atoms with E-state index in [1.165, 1.54) is 6.07 Å². The lowest BCUT2D eigenvalue weighted by Gasteiger charge is -2.34. The number of primary amides is 1. The van der Waals surface area contributed by atoms with Crippen molar-refractivity contribution in [1.82, 2.24) is 10.2 Å². The standard InChI is InChI=1S/C18H26FN3O2/c1-2-4-16(21-18(20)24)17(23)22-9-7-13(8-10-22)11-14-5-3-6-15(19)12-14/h3,5-6,12-13,16H,2,4,7-11H2,1H3,(H3,20,21,24)/t16-/m1/s1. The highest BCUT2D eigenvalue weighted by molar-refractivity contribution is 5.86. The maximum atomic E-state index is 13.3. The van der Waals surface area contributed by atoms with Gasteiger partial charge in [-0.2, -0.15) is 0 Å². The van der Waals surface area contributed by atoms with Crippen molar-refractivity contribution in [3.05, 3.63) is 35.6 Å². The number of benzene rings is 1. The van der Waals surface area contributed by atoms with Gasteiger partial charge in [-0.25, -0.2) is 9.18 Å². The number of piperidine rings is 1. The Morgan fingerprint density at radius 1 is 1.38 bits per heavy atom. The van der Waals surface area contributed by atoms with Gasteiger partial charge in [0.05, 0.1) is 0 Å². The van der Waals surface area contributed by atoms with Crippen LogP contribution in [0.2, 0.25) is 0 Å². The van der Waals surface area contributed by atoms with Crippen LogP contribution in [0.3, 0.4) is 0 Å². The van der Waals surface area contributed by atoms with E-state index in [4.69, 9.17) is 5.73 Å². The number of carbonyl (C=O) groups is 2. The molecule has 1 aromatic carbocycles. The minimum atomic E-state index is -0.664. The molecule has 1 aliphatic heterocycles. The van der Waals surface area contributed by atoms with E-state index in [-0.39, 0.29) is 11.7 Å². The number of halogens is 1. The van der Waals surface area contributed by atoms with E-state index < -0.39 is 12.1 Å². The topological polar surface area (TPSA) is 75.4 Å². The van der Waals surface area contributed by atoms with Gasteiger partial charge in [0.2, 0.25) is 5.91 Å². The van der Waals surface area contributed by atoms with Crippen LogP contribution >= 0.6 is 0 Å². The van der Waals surface area contributed by atoms with Crippen molar-refractivity contribution in [3.8, 4) is 0 Å². The molecule has 0 aromatic heterocycles. The highest BCUT2D eigenvalue weighted by atomic mass is 19.1. The van der Waals surface area contributed by atoms with E-state index in [1.807, 2.05) is 13.0 Å². The van der Waals surface area contributed by atoms with E-state index in [9.17, 15) is 14.0 Å². The van der Waals surface area contributed by atoms with Crippen LogP contribution in [-0.4, -0.2) is 36.0 Å². The van der Waals surface area contributed by atoms with Crippen molar-refractivity contribution in [2.45, 2.75) is 45.1 Å². The number of urea groups is 1. The summed E-state index contributed by atoms with van der Waals surface area (Å²) in [7, 11) is 0. The molecular formula is C18H26FN3O2. The molecule has 1 heterocycles. The van der Waals surface area contributed by atoms with Crippen molar-refractivity contribution in [3.63, 3.8) is 0 Å². The molecule has 0 unspecified atom stereocenters. The molecule has 1 saturated heterocycles. The third-order valence-corrected chi connectivity index (χ3v) is 4.53. The van der Waals surface area contributed by atoms with Gasteiger partial charge in [0.25, 0.3) is 0 Å². The fourth-order valence-electron chi connectivity index (χ4n) is 3.29. The van der Waals surface area contributed by atoms with Crippen molar-refractivity contribution in [1.29, 1.82) is 0 Å². The van der Waals surface area contributed by atoms with Crippen LogP contribution < -0.4 is 11.1 Å². The van der Waals surface area contributed by atoms with Gasteiger partial charge in [-0.3, -0.25) is 4.79 Å². The molecule has 0 saturated carbocycles. The number of rotatable bonds is 6. The average molecular weight is 335 g/mol. The number of likely N-dealkylation sites (tertiary alicyclic amines) is 1. The van der Waals surface area contributed by atoms with Crippen molar-refractivity contribution < 1.29 is 14.0 Å². The Labute approximate surface area is 142 Å². The SMILES string of the molecule is CCC[C@@H](NC(N)=O)C(=O)N1CCC(Cc2cccc(F)c2)CC1. The van der Waals surface area contributed by atoms with Gasteiger partial charge in [0.15, 0.2) is 0 Å². The fraction of sp³-hybridized carbons (Fsp3) is 0.556. The first-order valence-corrected chi connectivity index (χ1v) is 8.58. The Kier molecular flexibility index (Phi) is 6.58. The van der Waals surface area contributed by atoms with E-state index >= 15 is 0 Å². The number of hydrogen-bond donors (Lipinski definition) is 2. The summed E-state index contributed by atoms with van der Waals surface area (Å²) in [5.74, 6) is 0.185. The minimum Gasteiger partial charge on any atom is -0.352 e. The summed E-state index contributed by atoms with van der Waals surface area (Å²) in [6.45, 7) is 3.30. The van der Waals surface area contributed by atoms with Crippen LogP contribution in [0.1, 0.15) is 38.2 Å². The summed E-state index contributed by atoms with van der Waals surface area (Å²) in [5, 5.41) is 2.54. The average Bonchev–Trinajstić information content (AvgIpc) is 2.54. The predicted molar refractivity (Wildman–Crippen MR) is 90.8 cm³/mol. The Hall–Kier alpha value is -2.11. The lowest BCUT2D eigenvalue weighted by atomic mass is 9.90. The second-order valence-corrected chi connectivity index (χ2v) is 6.45. The zero-order valence-corrected chi connectivity index (χ0v) is 14.1. The van der Waals surface area contributed by atoms with Crippen LogP contribution in [0.25, 0.3) is 0 Å². The third-order valence-electron chi connectivity index (χ3n) is 4.53. The van der Waals surface area contributed by atoms with E-state index in [0.29, 0.717) is 25.4 Å². The lowest BCUT2D eigenvalue weighted by Crippen LogP contribution is -2.52. The smallest absolute Gasteiger partial charge is 0.312 e.